The van der Waals surface area contributed by atoms with E-state index in [4.69, 9.17) is 9.84 Å². The van der Waals surface area contributed by atoms with Gasteiger partial charge < -0.3 is 15.2 Å². The lowest BCUT2D eigenvalue weighted by atomic mass is 10.1. The van der Waals surface area contributed by atoms with Crippen LogP contribution < -0.4 is 5.32 Å². The Morgan fingerprint density at radius 1 is 1.26 bits per heavy atom. The van der Waals surface area contributed by atoms with Gasteiger partial charge in [-0.05, 0) is 19.1 Å². The van der Waals surface area contributed by atoms with E-state index in [-0.39, 0.29) is 6.61 Å². The van der Waals surface area contributed by atoms with Gasteiger partial charge in [0.05, 0.1) is 24.1 Å². The summed E-state index contributed by atoms with van der Waals surface area (Å²) in [6.07, 6.45) is 1.04. The van der Waals surface area contributed by atoms with Gasteiger partial charge in [-0.15, -0.1) is 0 Å². The van der Waals surface area contributed by atoms with Gasteiger partial charge in [0.25, 0.3) is 5.91 Å². The number of hydrogen-bond donors (Lipinski definition) is 2. The molecule has 0 radical (unpaired) electrons. The van der Waals surface area contributed by atoms with E-state index in [0.29, 0.717) is 16.5 Å². The highest BCUT2D eigenvalue weighted by molar-refractivity contribution is 6.07. The van der Waals surface area contributed by atoms with Gasteiger partial charge in [-0.3, -0.25) is 14.6 Å². The summed E-state index contributed by atoms with van der Waals surface area (Å²) in [4.78, 5) is 39.2. The van der Waals surface area contributed by atoms with Crippen molar-refractivity contribution >= 4 is 28.7 Å². The minimum atomic E-state index is -1.35. The third-order valence-electron chi connectivity index (χ3n) is 3.17. The van der Waals surface area contributed by atoms with E-state index in [2.05, 4.69) is 10.3 Å². The van der Waals surface area contributed by atoms with Crippen molar-refractivity contribution in [3.05, 3.63) is 42.1 Å². The van der Waals surface area contributed by atoms with Crippen LogP contribution in [0.4, 0.5) is 0 Å². The molecule has 0 fully saturated rings. The molecule has 1 aromatic heterocycles. The Balaban J connectivity index is 2.21. The lowest BCUT2D eigenvalue weighted by Crippen LogP contribution is -2.42. The Hall–Kier alpha value is -2.96. The SMILES string of the molecule is CCOC(=O)C[C@H](NC(=O)c1ccnc2ccccc12)C(=O)O. The molecule has 7 nitrogen and oxygen atoms in total. The van der Waals surface area contributed by atoms with Crippen molar-refractivity contribution in [3.8, 4) is 0 Å². The molecule has 0 unspecified atom stereocenters. The average Bonchev–Trinajstić information content (AvgIpc) is 2.53. The summed E-state index contributed by atoms with van der Waals surface area (Å²) in [6, 6.07) is 7.17. The summed E-state index contributed by atoms with van der Waals surface area (Å²) in [7, 11) is 0. The van der Waals surface area contributed by atoms with Crippen molar-refractivity contribution in [1.29, 1.82) is 0 Å². The molecule has 2 rings (SSSR count). The summed E-state index contributed by atoms with van der Waals surface area (Å²) in [5.41, 5.74) is 0.920. The highest BCUT2D eigenvalue weighted by atomic mass is 16.5. The number of amides is 1. The number of fused-ring (bicyclic) bond motifs is 1. The first-order valence-corrected chi connectivity index (χ1v) is 7.06. The van der Waals surface area contributed by atoms with Gasteiger partial charge >= 0.3 is 11.9 Å². The second kappa shape index (κ2) is 7.35. The predicted octanol–water partition coefficient (Wildman–Crippen LogP) is 1.37. The molecule has 7 heteroatoms. The smallest absolute Gasteiger partial charge is 0.326 e. The fourth-order valence-corrected chi connectivity index (χ4v) is 2.12. The Kier molecular flexibility index (Phi) is 5.24. The molecule has 0 spiro atoms. The van der Waals surface area contributed by atoms with Crippen molar-refractivity contribution in [2.75, 3.05) is 6.61 Å². The largest absolute Gasteiger partial charge is 0.480 e. The average molecular weight is 316 g/mol. The van der Waals surface area contributed by atoms with E-state index in [9.17, 15) is 14.4 Å². The van der Waals surface area contributed by atoms with Crippen LogP contribution in [0.15, 0.2) is 36.5 Å². The van der Waals surface area contributed by atoms with Crippen LogP contribution in [0.3, 0.4) is 0 Å². The quantitative estimate of drug-likeness (QED) is 0.780. The number of carbonyl (C=O) groups is 3. The van der Waals surface area contributed by atoms with E-state index < -0.39 is 30.3 Å². The number of aromatic nitrogens is 1. The number of hydrogen-bond acceptors (Lipinski definition) is 5. The number of benzene rings is 1. The minimum absolute atomic E-state index is 0.147. The molecule has 1 heterocycles. The third kappa shape index (κ3) is 4.03. The molecule has 0 aliphatic rings. The van der Waals surface area contributed by atoms with E-state index >= 15 is 0 Å². The number of nitrogens with one attached hydrogen (secondary N) is 1. The Morgan fingerprint density at radius 2 is 2.00 bits per heavy atom. The standard InChI is InChI=1S/C16H16N2O5/c1-2-23-14(19)9-13(16(21)22)18-15(20)11-7-8-17-12-6-4-3-5-10(11)12/h3-8,13H,2,9H2,1H3,(H,18,20)(H,21,22)/t13-/m0/s1. The number of aliphatic carboxylic acids is 1. The molecular formula is C16H16N2O5. The van der Waals surface area contributed by atoms with E-state index in [1.807, 2.05) is 0 Å². The van der Waals surface area contributed by atoms with Gasteiger partial charge in [0.2, 0.25) is 0 Å². The van der Waals surface area contributed by atoms with Crippen LogP contribution in [0.1, 0.15) is 23.7 Å². The van der Waals surface area contributed by atoms with Gasteiger partial charge in [0.1, 0.15) is 6.04 Å². The van der Waals surface area contributed by atoms with Gasteiger partial charge in [-0.2, -0.15) is 0 Å². The molecule has 1 aromatic carbocycles. The highest BCUT2D eigenvalue weighted by Gasteiger charge is 2.25. The van der Waals surface area contributed by atoms with Crippen LogP contribution in [-0.4, -0.2) is 40.6 Å². The molecule has 1 atom stereocenters. The van der Waals surface area contributed by atoms with Crippen molar-refractivity contribution < 1.29 is 24.2 Å². The lowest BCUT2D eigenvalue weighted by Gasteiger charge is -2.14. The van der Waals surface area contributed by atoms with Crippen LogP contribution in [-0.2, 0) is 14.3 Å². The second-order valence-corrected chi connectivity index (χ2v) is 4.75. The normalized spacial score (nSPS) is 11.7. The van der Waals surface area contributed by atoms with Gasteiger partial charge in [0, 0.05) is 11.6 Å². The van der Waals surface area contributed by atoms with Crippen LogP contribution in [0.25, 0.3) is 10.9 Å². The molecular weight excluding hydrogens is 300 g/mol. The van der Waals surface area contributed by atoms with Crippen molar-refractivity contribution in [2.24, 2.45) is 0 Å². The topological polar surface area (TPSA) is 106 Å². The van der Waals surface area contributed by atoms with Crippen molar-refractivity contribution in [3.63, 3.8) is 0 Å². The Bertz CT molecular complexity index is 739. The highest BCUT2D eigenvalue weighted by Crippen LogP contribution is 2.16. The lowest BCUT2D eigenvalue weighted by molar-refractivity contribution is -0.149. The maximum absolute atomic E-state index is 12.4. The first-order valence-electron chi connectivity index (χ1n) is 7.06. The number of esters is 1. The van der Waals surface area contributed by atoms with Gasteiger partial charge in [0.15, 0.2) is 0 Å². The first kappa shape index (κ1) is 16.4. The van der Waals surface area contributed by atoms with Crippen molar-refractivity contribution in [1.82, 2.24) is 10.3 Å². The van der Waals surface area contributed by atoms with E-state index in [1.165, 1.54) is 12.3 Å². The molecule has 2 N–H and O–H groups in total. The molecule has 120 valence electrons. The molecule has 0 aliphatic heterocycles. The number of carboxylic acid groups (broad SMARTS) is 1. The molecule has 23 heavy (non-hydrogen) atoms. The van der Waals surface area contributed by atoms with Gasteiger partial charge in [-0.1, -0.05) is 18.2 Å². The number of carboxylic acids is 1. The maximum atomic E-state index is 12.4. The molecule has 0 aliphatic carbocycles. The zero-order chi connectivity index (χ0) is 16.8. The summed E-state index contributed by atoms with van der Waals surface area (Å²) >= 11 is 0. The molecule has 2 aromatic rings. The molecule has 0 saturated heterocycles. The fourth-order valence-electron chi connectivity index (χ4n) is 2.12. The zero-order valence-corrected chi connectivity index (χ0v) is 12.5. The fraction of sp³-hybridized carbons (Fsp3) is 0.250. The first-order chi connectivity index (χ1) is 11.0. The Morgan fingerprint density at radius 3 is 2.70 bits per heavy atom. The van der Waals surface area contributed by atoms with Crippen LogP contribution in [0, 0.1) is 0 Å². The maximum Gasteiger partial charge on any atom is 0.326 e. The van der Waals surface area contributed by atoms with E-state index in [0.717, 1.165) is 0 Å². The number of rotatable bonds is 6. The summed E-state index contributed by atoms with van der Waals surface area (Å²) < 4.78 is 4.72. The molecule has 1 amide bonds. The van der Waals surface area contributed by atoms with Crippen LogP contribution in [0.5, 0.6) is 0 Å². The monoisotopic (exact) mass is 316 g/mol. The number of nitrogens with zero attached hydrogens (tertiary/aromatic N) is 1. The number of ether oxygens (including phenoxy) is 1. The summed E-state index contributed by atoms with van der Waals surface area (Å²) in [6.45, 7) is 1.77. The zero-order valence-electron chi connectivity index (χ0n) is 12.5. The summed E-state index contributed by atoms with van der Waals surface area (Å²) in [5.74, 6) is -2.56. The van der Waals surface area contributed by atoms with Crippen molar-refractivity contribution in [2.45, 2.75) is 19.4 Å². The second-order valence-electron chi connectivity index (χ2n) is 4.75. The predicted molar refractivity (Wildman–Crippen MR) is 81.9 cm³/mol. The molecule has 0 saturated carbocycles. The van der Waals surface area contributed by atoms with Crippen LogP contribution >= 0.6 is 0 Å². The number of carbonyl (C=O) groups excluding carboxylic acids is 2. The molecule has 0 bridgehead atoms. The van der Waals surface area contributed by atoms with E-state index in [1.54, 1.807) is 31.2 Å². The number of para-hydroxylation sites is 1. The summed E-state index contributed by atoms with van der Waals surface area (Å²) in [5, 5.41) is 12.1. The number of pyridine rings is 1. The third-order valence-corrected chi connectivity index (χ3v) is 3.17. The Labute approximate surface area is 132 Å². The van der Waals surface area contributed by atoms with Gasteiger partial charge in [-0.25, -0.2) is 4.79 Å². The van der Waals surface area contributed by atoms with Crippen LogP contribution in [0.2, 0.25) is 0 Å². The minimum Gasteiger partial charge on any atom is -0.480 e.